The molecule has 0 amide bonds. The molecule has 6 rings (SSSR count). The van der Waals surface area contributed by atoms with Crippen LogP contribution < -0.4 is 14.9 Å². The van der Waals surface area contributed by atoms with Crippen LogP contribution in [0.1, 0.15) is 36.6 Å². The minimum absolute atomic E-state index is 0.217. The highest BCUT2D eigenvalue weighted by molar-refractivity contribution is 7.98. The molecule has 0 aliphatic carbocycles. The quantitative estimate of drug-likeness (QED) is 0.179. The van der Waals surface area contributed by atoms with E-state index in [1.807, 2.05) is 77.7 Å². The molecule has 0 fully saturated rings. The molecule has 42 heavy (non-hydrogen) atoms. The molecule has 0 unspecified atom stereocenters. The summed E-state index contributed by atoms with van der Waals surface area (Å²) in [4.78, 5) is 33.5. The maximum absolute atomic E-state index is 14.5. The van der Waals surface area contributed by atoms with Gasteiger partial charge in [0, 0.05) is 33.1 Å². The van der Waals surface area contributed by atoms with Gasteiger partial charge in [0.2, 0.25) is 0 Å². The van der Waals surface area contributed by atoms with Crippen molar-refractivity contribution in [2.24, 2.45) is 4.99 Å². The van der Waals surface area contributed by atoms with Gasteiger partial charge in [-0.2, -0.15) is 0 Å². The summed E-state index contributed by atoms with van der Waals surface area (Å²) in [5.74, 6) is -0.744. The molecule has 1 aliphatic heterocycles. The monoisotopic (exact) mass is 597 g/mol. The van der Waals surface area contributed by atoms with Gasteiger partial charge in [0.05, 0.1) is 35.0 Å². The molecule has 1 atom stereocenters. The van der Waals surface area contributed by atoms with Gasteiger partial charge in [0.15, 0.2) is 4.80 Å². The molecule has 0 saturated heterocycles. The highest BCUT2D eigenvalue weighted by Crippen LogP contribution is 2.32. The third-order valence-electron chi connectivity index (χ3n) is 7.35. The number of thiazole rings is 1. The van der Waals surface area contributed by atoms with Crippen molar-refractivity contribution in [3.05, 3.63) is 132 Å². The largest absolute Gasteiger partial charge is 0.463 e. The van der Waals surface area contributed by atoms with Crippen LogP contribution in [0.4, 0.5) is 4.39 Å². The fourth-order valence-corrected chi connectivity index (χ4v) is 6.81. The second kappa shape index (κ2) is 11.6. The molecule has 9 heteroatoms. The fraction of sp³-hybridized carbons (Fsp3) is 0.182. The standard InChI is InChI=1S/C33H28FN3O3S2/c1-4-40-32(39)29-20(2)35-33-37(30(29)21-13-15-24(41-3)16-14-21)31(38)28(42-33)17-23-19-36(27-12-8-6-10-25(23)27)18-22-9-5-7-11-26(22)34/h5-17,19,30H,4,18H2,1-3H3/b28-17-/t30-/m1/s1. The van der Waals surface area contributed by atoms with Crippen molar-refractivity contribution in [2.75, 3.05) is 12.9 Å². The smallest absolute Gasteiger partial charge is 0.338 e. The van der Waals surface area contributed by atoms with Crippen LogP contribution in [0.3, 0.4) is 0 Å². The number of allylic oxidation sites excluding steroid dienone is 1. The van der Waals surface area contributed by atoms with Crippen molar-refractivity contribution < 1.29 is 13.9 Å². The summed E-state index contributed by atoms with van der Waals surface area (Å²) in [7, 11) is 0. The molecular weight excluding hydrogens is 570 g/mol. The number of carbonyl (C=O) groups excluding carboxylic acids is 1. The maximum atomic E-state index is 14.5. The zero-order valence-corrected chi connectivity index (χ0v) is 25.0. The summed E-state index contributed by atoms with van der Waals surface area (Å²) in [6.45, 7) is 4.11. The Morgan fingerprint density at radius 2 is 1.83 bits per heavy atom. The van der Waals surface area contributed by atoms with Crippen LogP contribution in [0, 0.1) is 5.82 Å². The van der Waals surface area contributed by atoms with E-state index in [4.69, 9.17) is 4.74 Å². The molecule has 3 heterocycles. The number of carbonyl (C=O) groups is 1. The molecule has 1 aliphatic rings. The highest BCUT2D eigenvalue weighted by Gasteiger charge is 2.33. The SMILES string of the molecule is CCOC(=O)C1=C(C)N=c2s/c(=C\c3cn(Cc4ccccc4F)c4ccccc34)c(=O)n2[C@@H]1c1ccc(SC)cc1. The summed E-state index contributed by atoms with van der Waals surface area (Å²) in [5, 5.41) is 0.951. The van der Waals surface area contributed by atoms with E-state index < -0.39 is 12.0 Å². The van der Waals surface area contributed by atoms with Crippen molar-refractivity contribution >= 4 is 46.0 Å². The Kier molecular flexibility index (Phi) is 7.70. The number of rotatable bonds is 7. The summed E-state index contributed by atoms with van der Waals surface area (Å²) in [6, 6.07) is 21.8. The molecule has 6 nitrogen and oxygen atoms in total. The number of hydrogen-bond donors (Lipinski definition) is 0. The van der Waals surface area contributed by atoms with Gasteiger partial charge in [0.1, 0.15) is 5.82 Å². The summed E-state index contributed by atoms with van der Waals surface area (Å²) in [5.41, 5.74) is 3.81. The normalized spacial score (nSPS) is 15.1. The number of fused-ring (bicyclic) bond motifs is 2. The van der Waals surface area contributed by atoms with Gasteiger partial charge in [-0.15, -0.1) is 11.8 Å². The number of esters is 1. The summed E-state index contributed by atoms with van der Waals surface area (Å²) in [6.07, 6.45) is 5.81. The molecular formula is C33H28FN3O3S2. The second-order valence-corrected chi connectivity index (χ2v) is 11.8. The number of aromatic nitrogens is 2. The number of halogens is 1. The van der Waals surface area contributed by atoms with Gasteiger partial charge in [-0.25, -0.2) is 14.2 Å². The Hall–Kier alpha value is -4.21. The minimum atomic E-state index is -0.666. The lowest BCUT2D eigenvalue weighted by Gasteiger charge is -2.24. The Labute approximate surface area is 250 Å². The number of para-hydroxylation sites is 1. The predicted molar refractivity (Wildman–Crippen MR) is 166 cm³/mol. The van der Waals surface area contributed by atoms with E-state index in [-0.39, 0.29) is 18.0 Å². The van der Waals surface area contributed by atoms with Crippen molar-refractivity contribution in [3.63, 3.8) is 0 Å². The fourth-order valence-electron chi connectivity index (χ4n) is 5.37. The van der Waals surface area contributed by atoms with Gasteiger partial charge in [-0.1, -0.05) is 59.9 Å². The molecule has 3 aromatic carbocycles. The first-order valence-electron chi connectivity index (χ1n) is 13.5. The number of benzene rings is 3. The maximum Gasteiger partial charge on any atom is 0.338 e. The Morgan fingerprint density at radius 3 is 2.57 bits per heavy atom. The summed E-state index contributed by atoms with van der Waals surface area (Å²) < 4.78 is 24.0. The first-order chi connectivity index (χ1) is 20.4. The van der Waals surface area contributed by atoms with Crippen LogP contribution in [0.5, 0.6) is 0 Å². The molecule has 0 bridgehead atoms. The summed E-state index contributed by atoms with van der Waals surface area (Å²) >= 11 is 2.91. The number of ether oxygens (including phenoxy) is 1. The third kappa shape index (κ3) is 5.03. The van der Waals surface area contributed by atoms with Crippen LogP contribution in [-0.4, -0.2) is 28.0 Å². The van der Waals surface area contributed by atoms with E-state index in [2.05, 4.69) is 4.99 Å². The zero-order chi connectivity index (χ0) is 29.4. The van der Waals surface area contributed by atoms with E-state index in [1.54, 1.807) is 42.3 Å². The number of thioether (sulfide) groups is 1. The predicted octanol–water partition coefficient (Wildman–Crippen LogP) is 5.66. The van der Waals surface area contributed by atoms with Crippen molar-refractivity contribution in [2.45, 2.75) is 31.3 Å². The topological polar surface area (TPSA) is 65.6 Å². The van der Waals surface area contributed by atoms with Crippen LogP contribution >= 0.6 is 23.1 Å². The highest BCUT2D eigenvalue weighted by atomic mass is 32.2. The minimum Gasteiger partial charge on any atom is -0.463 e. The van der Waals surface area contributed by atoms with Gasteiger partial charge < -0.3 is 9.30 Å². The molecule has 212 valence electrons. The molecule has 0 spiro atoms. The van der Waals surface area contributed by atoms with Crippen molar-refractivity contribution in [1.29, 1.82) is 0 Å². The number of nitrogens with zero attached hydrogens (tertiary/aromatic N) is 3. The van der Waals surface area contributed by atoms with Gasteiger partial charge in [-0.05, 0) is 56.0 Å². The zero-order valence-electron chi connectivity index (χ0n) is 23.3. The first kappa shape index (κ1) is 27.9. The average Bonchev–Trinajstić information content (AvgIpc) is 3.50. The lowest BCUT2D eigenvalue weighted by molar-refractivity contribution is -0.139. The van der Waals surface area contributed by atoms with E-state index in [9.17, 15) is 14.0 Å². The van der Waals surface area contributed by atoms with Crippen LogP contribution in [0.15, 0.2) is 105 Å². The lowest BCUT2D eigenvalue weighted by atomic mass is 9.96. The molecule has 0 N–H and O–H groups in total. The van der Waals surface area contributed by atoms with Gasteiger partial charge >= 0.3 is 5.97 Å². The Bertz CT molecular complexity index is 2040. The van der Waals surface area contributed by atoms with E-state index in [0.29, 0.717) is 32.7 Å². The van der Waals surface area contributed by atoms with E-state index >= 15 is 0 Å². The molecule has 2 aromatic heterocycles. The molecule has 0 radical (unpaired) electrons. The second-order valence-electron chi connectivity index (χ2n) is 9.90. The van der Waals surface area contributed by atoms with Crippen molar-refractivity contribution in [3.8, 4) is 0 Å². The van der Waals surface area contributed by atoms with Crippen molar-refractivity contribution in [1.82, 2.24) is 9.13 Å². The lowest BCUT2D eigenvalue weighted by Crippen LogP contribution is -2.39. The van der Waals surface area contributed by atoms with Crippen LogP contribution in [-0.2, 0) is 16.1 Å². The first-order valence-corrected chi connectivity index (χ1v) is 15.6. The molecule has 0 saturated carbocycles. The van der Waals surface area contributed by atoms with Crippen LogP contribution in [0.25, 0.3) is 17.0 Å². The average molecular weight is 598 g/mol. The van der Waals surface area contributed by atoms with E-state index in [1.165, 1.54) is 17.4 Å². The number of hydrogen-bond acceptors (Lipinski definition) is 6. The Balaban J connectivity index is 1.51. The van der Waals surface area contributed by atoms with Crippen LogP contribution in [0.2, 0.25) is 0 Å². The van der Waals surface area contributed by atoms with E-state index in [0.717, 1.165) is 26.9 Å². The molecule has 5 aromatic rings. The Morgan fingerprint density at radius 1 is 1.10 bits per heavy atom. The third-order valence-corrected chi connectivity index (χ3v) is 9.08. The van der Waals surface area contributed by atoms with Gasteiger partial charge in [-0.3, -0.25) is 9.36 Å². The van der Waals surface area contributed by atoms with Gasteiger partial charge in [0.25, 0.3) is 5.56 Å².